The molecule has 8 nitrogen and oxygen atoms in total. The fraction of sp³-hybridized carbons (Fsp3) is 0.250. The molecular weight excluding hydrogens is 502 g/mol. The van der Waals surface area contributed by atoms with Gasteiger partial charge in [0, 0.05) is 51.8 Å². The minimum atomic E-state index is -0.399. The number of carbonyl (C=O) groups excluding carboxylic acids is 2. The Morgan fingerprint density at radius 3 is 2.27 bits per heavy atom. The van der Waals surface area contributed by atoms with E-state index in [0.717, 1.165) is 42.6 Å². The van der Waals surface area contributed by atoms with Crippen molar-refractivity contribution < 1.29 is 14.3 Å². The van der Waals surface area contributed by atoms with E-state index in [-0.39, 0.29) is 5.91 Å². The number of amides is 1. The molecule has 1 saturated heterocycles. The molecule has 204 valence electrons. The molecule has 1 aliphatic rings. The molecule has 0 saturated carbocycles. The number of hydrogen-bond donors (Lipinski definition) is 1. The zero-order chi connectivity index (χ0) is 28.1. The van der Waals surface area contributed by atoms with Crippen LogP contribution in [0.3, 0.4) is 0 Å². The molecule has 0 bridgehead atoms. The molecule has 1 fully saturated rings. The Balaban J connectivity index is 1.33. The highest BCUT2D eigenvalue weighted by atomic mass is 16.5. The van der Waals surface area contributed by atoms with Crippen LogP contribution in [0.5, 0.6) is 5.75 Å². The Labute approximate surface area is 234 Å². The monoisotopic (exact) mass is 535 g/mol. The summed E-state index contributed by atoms with van der Waals surface area (Å²) in [5.41, 5.74) is 4.36. The molecule has 4 aromatic rings. The standard InChI is InChI=1S/C32H33N5O3/c1-22(38)40-29-30(36(2)3)34-28(35-31(29)37-18-7-8-19-37)20-23-14-16-27(17-15-23)33-32(39)26-13-9-12-25(21-26)24-10-5-4-6-11-24/h4-6,9-17,21H,7-8,18-20H2,1-3H3,(H,33,39). The topological polar surface area (TPSA) is 87.7 Å². The molecular formula is C32H33N5O3. The van der Waals surface area contributed by atoms with Crippen molar-refractivity contribution in [1.29, 1.82) is 0 Å². The summed E-state index contributed by atoms with van der Waals surface area (Å²) in [4.78, 5) is 38.4. The van der Waals surface area contributed by atoms with Crippen LogP contribution in [-0.4, -0.2) is 49.0 Å². The van der Waals surface area contributed by atoms with E-state index in [2.05, 4.69) is 10.2 Å². The van der Waals surface area contributed by atoms with Crippen molar-refractivity contribution in [3.05, 3.63) is 95.8 Å². The van der Waals surface area contributed by atoms with Crippen LogP contribution in [-0.2, 0) is 11.2 Å². The normalized spacial score (nSPS) is 12.7. The summed E-state index contributed by atoms with van der Waals surface area (Å²) >= 11 is 0. The largest absolute Gasteiger partial charge is 0.419 e. The summed E-state index contributed by atoms with van der Waals surface area (Å²) in [6, 6.07) is 25.3. The molecule has 1 amide bonds. The molecule has 1 aromatic heterocycles. The maximum atomic E-state index is 13.0. The summed E-state index contributed by atoms with van der Waals surface area (Å²) in [6.45, 7) is 3.11. The number of benzene rings is 3. The first-order chi connectivity index (χ1) is 19.4. The number of carbonyl (C=O) groups is 2. The molecule has 1 aliphatic heterocycles. The first kappa shape index (κ1) is 26.9. The van der Waals surface area contributed by atoms with Gasteiger partial charge in [-0.15, -0.1) is 0 Å². The van der Waals surface area contributed by atoms with Crippen LogP contribution in [0.25, 0.3) is 11.1 Å². The second-order valence-corrected chi connectivity index (χ2v) is 10.1. The smallest absolute Gasteiger partial charge is 0.308 e. The van der Waals surface area contributed by atoms with E-state index in [1.807, 2.05) is 97.9 Å². The summed E-state index contributed by atoms with van der Waals surface area (Å²) in [7, 11) is 3.75. The van der Waals surface area contributed by atoms with Crippen molar-refractivity contribution in [2.45, 2.75) is 26.2 Å². The van der Waals surface area contributed by atoms with E-state index in [9.17, 15) is 9.59 Å². The first-order valence-electron chi connectivity index (χ1n) is 13.4. The summed E-state index contributed by atoms with van der Waals surface area (Å²) in [6.07, 6.45) is 2.63. The summed E-state index contributed by atoms with van der Waals surface area (Å²) in [5.74, 6) is 1.70. The van der Waals surface area contributed by atoms with Crippen LogP contribution in [0.15, 0.2) is 78.9 Å². The minimum Gasteiger partial charge on any atom is -0.419 e. The number of rotatable bonds is 8. The zero-order valence-electron chi connectivity index (χ0n) is 23.1. The fourth-order valence-electron chi connectivity index (χ4n) is 4.79. The number of ether oxygens (including phenoxy) is 1. The van der Waals surface area contributed by atoms with Gasteiger partial charge in [0.2, 0.25) is 5.75 Å². The van der Waals surface area contributed by atoms with Gasteiger partial charge in [-0.25, -0.2) is 9.97 Å². The highest BCUT2D eigenvalue weighted by Crippen LogP contribution is 2.37. The number of esters is 1. The molecule has 40 heavy (non-hydrogen) atoms. The Morgan fingerprint density at radius 2 is 1.60 bits per heavy atom. The predicted octanol–water partition coefficient (Wildman–Crippen LogP) is 5.58. The van der Waals surface area contributed by atoms with Crippen molar-refractivity contribution in [3.8, 4) is 16.9 Å². The zero-order valence-corrected chi connectivity index (χ0v) is 23.1. The number of hydrogen-bond acceptors (Lipinski definition) is 7. The Bertz CT molecular complexity index is 1500. The van der Waals surface area contributed by atoms with Gasteiger partial charge in [0.05, 0.1) is 0 Å². The van der Waals surface area contributed by atoms with Crippen LogP contribution in [0, 0.1) is 0 Å². The molecule has 0 radical (unpaired) electrons. The first-order valence-corrected chi connectivity index (χ1v) is 13.4. The second kappa shape index (κ2) is 12.0. The van der Waals surface area contributed by atoms with Gasteiger partial charge in [-0.3, -0.25) is 9.59 Å². The van der Waals surface area contributed by atoms with Crippen molar-refractivity contribution in [2.24, 2.45) is 0 Å². The Kier molecular flexibility index (Phi) is 8.05. The third kappa shape index (κ3) is 6.29. The van der Waals surface area contributed by atoms with Crippen LogP contribution in [0.2, 0.25) is 0 Å². The summed E-state index contributed by atoms with van der Waals surface area (Å²) in [5, 5.41) is 2.99. The second-order valence-electron chi connectivity index (χ2n) is 10.1. The lowest BCUT2D eigenvalue weighted by Gasteiger charge is -2.24. The van der Waals surface area contributed by atoms with Gasteiger partial charge in [-0.2, -0.15) is 0 Å². The van der Waals surface area contributed by atoms with Gasteiger partial charge in [-0.1, -0.05) is 54.6 Å². The maximum Gasteiger partial charge on any atom is 0.308 e. The molecule has 3 aromatic carbocycles. The van der Waals surface area contributed by atoms with E-state index < -0.39 is 5.97 Å². The van der Waals surface area contributed by atoms with Crippen molar-refractivity contribution in [3.63, 3.8) is 0 Å². The highest BCUT2D eigenvalue weighted by Gasteiger charge is 2.25. The van der Waals surface area contributed by atoms with Gasteiger partial charge < -0.3 is 19.9 Å². The molecule has 8 heteroatoms. The van der Waals surface area contributed by atoms with Crippen molar-refractivity contribution >= 4 is 29.2 Å². The lowest BCUT2D eigenvalue weighted by Crippen LogP contribution is -2.24. The molecule has 5 rings (SSSR count). The third-order valence-corrected chi connectivity index (χ3v) is 6.76. The van der Waals surface area contributed by atoms with E-state index in [4.69, 9.17) is 14.7 Å². The van der Waals surface area contributed by atoms with Crippen LogP contribution in [0.4, 0.5) is 17.3 Å². The van der Waals surface area contributed by atoms with E-state index in [0.29, 0.717) is 40.9 Å². The predicted molar refractivity (Wildman–Crippen MR) is 158 cm³/mol. The van der Waals surface area contributed by atoms with Crippen LogP contribution in [0.1, 0.15) is 41.5 Å². The lowest BCUT2D eigenvalue weighted by atomic mass is 10.0. The van der Waals surface area contributed by atoms with Gasteiger partial charge >= 0.3 is 5.97 Å². The van der Waals surface area contributed by atoms with Gasteiger partial charge in [0.25, 0.3) is 5.91 Å². The van der Waals surface area contributed by atoms with Gasteiger partial charge in [0.15, 0.2) is 11.6 Å². The highest BCUT2D eigenvalue weighted by molar-refractivity contribution is 6.05. The summed E-state index contributed by atoms with van der Waals surface area (Å²) < 4.78 is 5.59. The Hall–Kier alpha value is -4.72. The average Bonchev–Trinajstić information content (AvgIpc) is 3.50. The maximum absolute atomic E-state index is 13.0. The number of anilines is 3. The Morgan fingerprint density at radius 1 is 0.900 bits per heavy atom. The number of nitrogens with one attached hydrogen (secondary N) is 1. The lowest BCUT2D eigenvalue weighted by molar-refractivity contribution is -0.131. The van der Waals surface area contributed by atoms with Crippen LogP contribution >= 0.6 is 0 Å². The fourth-order valence-corrected chi connectivity index (χ4v) is 4.79. The van der Waals surface area contributed by atoms with Gasteiger partial charge in [-0.05, 0) is 53.8 Å². The van der Waals surface area contributed by atoms with Crippen molar-refractivity contribution in [1.82, 2.24) is 9.97 Å². The van der Waals surface area contributed by atoms with Crippen molar-refractivity contribution in [2.75, 3.05) is 42.3 Å². The van der Waals surface area contributed by atoms with E-state index in [1.54, 1.807) is 0 Å². The SMILES string of the molecule is CC(=O)Oc1c(N(C)C)nc(Cc2ccc(NC(=O)c3cccc(-c4ccccc4)c3)cc2)nc1N1CCCC1. The average molecular weight is 536 g/mol. The molecule has 0 atom stereocenters. The third-order valence-electron chi connectivity index (χ3n) is 6.76. The number of aromatic nitrogens is 2. The molecule has 1 N–H and O–H groups in total. The molecule has 0 unspecified atom stereocenters. The molecule has 2 heterocycles. The van der Waals surface area contributed by atoms with E-state index in [1.165, 1.54) is 6.92 Å². The number of nitrogens with zero attached hydrogens (tertiary/aromatic N) is 4. The molecule has 0 aliphatic carbocycles. The van der Waals surface area contributed by atoms with E-state index >= 15 is 0 Å². The van der Waals surface area contributed by atoms with Crippen LogP contribution < -0.4 is 19.9 Å². The quantitative estimate of drug-likeness (QED) is 0.295. The van der Waals surface area contributed by atoms with Gasteiger partial charge in [0.1, 0.15) is 5.82 Å². The minimum absolute atomic E-state index is 0.166. The molecule has 0 spiro atoms.